The van der Waals surface area contributed by atoms with Crippen molar-refractivity contribution in [3.05, 3.63) is 139 Å². The molecule has 0 spiro atoms. The summed E-state index contributed by atoms with van der Waals surface area (Å²) in [7, 11) is -1.34. The van der Waals surface area contributed by atoms with Crippen molar-refractivity contribution in [2.24, 2.45) is 11.8 Å². The van der Waals surface area contributed by atoms with Gasteiger partial charge in [-0.1, -0.05) is 130 Å². The molecule has 0 aliphatic heterocycles. The van der Waals surface area contributed by atoms with E-state index in [2.05, 4.69) is 142 Å². The molecular weight excluding hydrogens is 845 g/mol. The van der Waals surface area contributed by atoms with Gasteiger partial charge < -0.3 is 9.97 Å². The Balaban J connectivity index is 0.000000193. The first kappa shape index (κ1) is 38.0. The van der Waals surface area contributed by atoms with Crippen LogP contribution < -0.4 is 5.19 Å². The van der Waals surface area contributed by atoms with Gasteiger partial charge in [0.2, 0.25) is 0 Å². The molecule has 3 aromatic heterocycles. The van der Waals surface area contributed by atoms with Gasteiger partial charge in [0.15, 0.2) is 0 Å². The second-order valence-electron chi connectivity index (χ2n) is 15.5. The number of fused-ring (bicyclic) bond motifs is 3. The third-order valence-electron chi connectivity index (χ3n) is 10.0. The average Bonchev–Trinajstić information content (AvgIpc) is 3.80. The number of thiophene rings is 1. The van der Waals surface area contributed by atoms with E-state index in [0.717, 1.165) is 34.9 Å². The third kappa shape index (κ3) is 8.72. The largest absolute Gasteiger partial charge is 0.305 e. The van der Waals surface area contributed by atoms with E-state index < -0.39 is 8.07 Å². The number of rotatable bonds is 8. The van der Waals surface area contributed by atoms with Gasteiger partial charge in [-0.2, -0.15) is 11.3 Å². The van der Waals surface area contributed by atoms with Crippen LogP contribution in [0.3, 0.4) is 0 Å². The number of nitrogens with zero attached hydrogens (tertiary/aromatic N) is 2. The van der Waals surface area contributed by atoms with Gasteiger partial charge in [-0.3, -0.25) is 0 Å². The van der Waals surface area contributed by atoms with E-state index >= 15 is 0 Å². The monoisotopic (exact) mass is 893 g/mol. The second kappa shape index (κ2) is 16.9. The normalized spacial score (nSPS) is 13.3. The van der Waals surface area contributed by atoms with Crippen LogP contribution in [0.4, 0.5) is 0 Å². The number of hydrogen-bond donors (Lipinski definition) is 0. The predicted molar refractivity (Wildman–Crippen MR) is 223 cm³/mol. The maximum absolute atomic E-state index is 4.76. The van der Waals surface area contributed by atoms with E-state index in [-0.39, 0.29) is 20.1 Å². The second-order valence-corrected chi connectivity index (χ2v) is 21.6. The summed E-state index contributed by atoms with van der Waals surface area (Å²) in [5, 5.41) is 4.13. The molecular formula is C47H48IrN2SSi-2. The van der Waals surface area contributed by atoms with Crippen molar-refractivity contribution in [3.63, 3.8) is 0 Å². The van der Waals surface area contributed by atoms with E-state index in [4.69, 9.17) is 4.98 Å². The van der Waals surface area contributed by atoms with E-state index in [1.165, 1.54) is 79.7 Å². The maximum Gasteiger partial charge on any atom is 0.0798 e. The molecule has 0 atom stereocenters. The first-order chi connectivity index (χ1) is 24.7. The molecule has 7 aromatic rings. The fourth-order valence-electron chi connectivity index (χ4n) is 7.61. The molecule has 4 aromatic carbocycles. The minimum atomic E-state index is -1.34. The Labute approximate surface area is 329 Å². The van der Waals surface area contributed by atoms with Crippen molar-refractivity contribution in [3.8, 4) is 33.6 Å². The summed E-state index contributed by atoms with van der Waals surface area (Å²) >= 11 is 1.86. The molecule has 1 aliphatic rings. The average molecular weight is 893 g/mol. The number of aromatic nitrogens is 2. The third-order valence-corrected chi connectivity index (χ3v) is 13.3. The SMILES string of the molecule is CC(C)Cc1cc(-c2[c-]cccc2)ncc1[Si](C)(C)C.[Ir].[c-]1ccc2c(sc3cccc(-c4ccccc4)c32)c1-c1cc(CC2CCCC2)ccn1. The Kier molecular flexibility index (Phi) is 12.4. The van der Waals surface area contributed by atoms with Crippen LogP contribution in [-0.4, -0.2) is 18.0 Å². The molecule has 1 saturated carbocycles. The first-order valence-electron chi connectivity index (χ1n) is 18.6. The predicted octanol–water partition coefficient (Wildman–Crippen LogP) is 12.6. The van der Waals surface area contributed by atoms with Gasteiger partial charge in [0.25, 0.3) is 0 Å². The van der Waals surface area contributed by atoms with Gasteiger partial charge in [-0.05, 0) is 74.6 Å². The zero-order chi connectivity index (χ0) is 35.4. The molecule has 0 N–H and O–H groups in total. The molecule has 0 unspecified atom stereocenters. The molecule has 8 rings (SSSR count). The summed E-state index contributed by atoms with van der Waals surface area (Å²) in [6.07, 6.45) is 11.9. The summed E-state index contributed by atoms with van der Waals surface area (Å²) in [6, 6.07) is 43.2. The van der Waals surface area contributed by atoms with Crippen LogP contribution in [0.2, 0.25) is 19.6 Å². The van der Waals surface area contributed by atoms with Crippen LogP contribution in [-0.2, 0) is 32.9 Å². The molecule has 1 fully saturated rings. The van der Waals surface area contributed by atoms with Crippen molar-refractivity contribution in [2.45, 2.75) is 72.0 Å². The number of hydrogen-bond acceptors (Lipinski definition) is 3. The minimum absolute atomic E-state index is 0. The van der Waals surface area contributed by atoms with Gasteiger partial charge in [-0.15, -0.1) is 59.7 Å². The molecule has 0 saturated heterocycles. The minimum Gasteiger partial charge on any atom is -0.305 e. The van der Waals surface area contributed by atoms with Gasteiger partial charge in [0.1, 0.15) is 0 Å². The topological polar surface area (TPSA) is 25.8 Å². The summed E-state index contributed by atoms with van der Waals surface area (Å²) in [5.74, 6) is 1.51. The zero-order valence-electron chi connectivity index (χ0n) is 31.0. The van der Waals surface area contributed by atoms with E-state index in [1.54, 1.807) is 0 Å². The fourth-order valence-corrected chi connectivity index (χ4v) is 10.4. The van der Waals surface area contributed by atoms with Gasteiger partial charge in [-0.25, -0.2) is 0 Å². The standard InChI is InChI=1S/C29H24NS.C18H24NSi.Ir/c1-2-10-22(11-3-1)23-12-7-15-27-28(23)25-14-6-13-24(29(25)31-27)26-19-21(16-17-30-26)18-20-8-4-5-9-20;1-14(2)11-16-12-17(15-9-7-6-8-10-15)19-13-18(16)20(3,4)5;/h1-3,6-7,10-12,14-17,19-20H,4-5,8-9,18H2;6-9,12-14H,11H2,1-5H3;/q2*-1;. The summed E-state index contributed by atoms with van der Waals surface area (Å²) in [4.78, 5) is 9.45. The molecule has 52 heavy (non-hydrogen) atoms. The molecule has 3 heterocycles. The molecule has 5 heteroatoms. The Bertz CT molecular complexity index is 2230. The molecule has 1 radical (unpaired) electrons. The molecule has 0 bridgehead atoms. The Morgan fingerprint density at radius 2 is 1.60 bits per heavy atom. The summed E-state index contributed by atoms with van der Waals surface area (Å²) < 4.78 is 2.60. The Morgan fingerprint density at radius 3 is 2.33 bits per heavy atom. The van der Waals surface area contributed by atoms with Crippen LogP contribution in [0.15, 0.2) is 116 Å². The van der Waals surface area contributed by atoms with Gasteiger partial charge >= 0.3 is 0 Å². The van der Waals surface area contributed by atoms with Gasteiger partial charge in [0.05, 0.1) is 8.07 Å². The number of benzene rings is 4. The number of pyridine rings is 2. The van der Waals surface area contributed by atoms with Crippen molar-refractivity contribution < 1.29 is 20.1 Å². The molecule has 0 amide bonds. The van der Waals surface area contributed by atoms with Crippen LogP contribution in [0, 0.1) is 24.0 Å². The van der Waals surface area contributed by atoms with Crippen molar-refractivity contribution in [1.29, 1.82) is 0 Å². The molecule has 1 aliphatic carbocycles. The smallest absolute Gasteiger partial charge is 0.0798 e. The first-order valence-corrected chi connectivity index (χ1v) is 22.9. The quantitative estimate of drug-likeness (QED) is 0.112. The van der Waals surface area contributed by atoms with Crippen molar-refractivity contribution in [1.82, 2.24) is 9.97 Å². The van der Waals surface area contributed by atoms with E-state index in [1.807, 2.05) is 35.7 Å². The molecule has 267 valence electrons. The van der Waals surface area contributed by atoms with Gasteiger partial charge in [0, 0.05) is 37.2 Å². The van der Waals surface area contributed by atoms with Crippen LogP contribution >= 0.6 is 11.3 Å². The maximum atomic E-state index is 4.76. The summed E-state index contributed by atoms with van der Waals surface area (Å²) in [6.45, 7) is 11.7. The summed E-state index contributed by atoms with van der Waals surface area (Å²) in [5.41, 5.74) is 9.75. The van der Waals surface area contributed by atoms with Crippen LogP contribution in [0.5, 0.6) is 0 Å². The fraction of sp³-hybridized carbons (Fsp3) is 0.277. The van der Waals surface area contributed by atoms with Crippen molar-refractivity contribution in [2.75, 3.05) is 0 Å². The van der Waals surface area contributed by atoms with Crippen molar-refractivity contribution >= 4 is 44.8 Å². The van der Waals surface area contributed by atoms with Crippen LogP contribution in [0.1, 0.15) is 50.7 Å². The van der Waals surface area contributed by atoms with E-state index in [0.29, 0.717) is 5.92 Å². The zero-order valence-corrected chi connectivity index (χ0v) is 35.2. The van der Waals surface area contributed by atoms with Crippen LogP contribution in [0.25, 0.3) is 53.8 Å². The Morgan fingerprint density at radius 1 is 0.808 bits per heavy atom. The van der Waals surface area contributed by atoms with E-state index in [9.17, 15) is 0 Å². The Hall–Kier alpha value is -3.73. The molecule has 2 nitrogen and oxygen atoms in total.